The van der Waals surface area contributed by atoms with E-state index in [0.717, 1.165) is 26.6 Å². The molecule has 0 amide bonds. The van der Waals surface area contributed by atoms with Crippen LogP contribution in [0.3, 0.4) is 0 Å². The Kier molecular flexibility index (Phi) is 3.39. The summed E-state index contributed by atoms with van der Waals surface area (Å²) >= 11 is 7.61. The molecule has 0 spiro atoms. The highest BCUT2D eigenvalue weighted by Gasteiger charge is 2.48. The van der Waals surface area contributed by atoms with Crippen LogP contribution in [0, 0.1) is 17.8 Å². The molecule has 1 aromatic carbocycles. The van der Waals surface area contributed by atoms with Gasteiger partial charge in [0.05, 0.1) is 4.88 Å². The summed E-state index contributed by atoms with van der Waals surface area (Å²) in [4.78, 5) is 8.29. The van der Waals surface area contributed by atoms with Gasteiger partial charge in [-0.15, -0.1) is 0 Å². The van der Waals surface area contributed by atoms with Crippen molar-refractivity contribution < 1.29 is 4.74 Å². The molecule has 1 aromatic heterocycles. The zero-order chi connectivity index (χ0) is 15.4. The number of hydrogen-bond acceptors (Lipinski definition) is 4. The van der Waals surface area contributed by atoms with Crippen LogP contribution in [0.2, 0.25) is 5.02 Å². The molecule has 3 saturated heterocycles. The van der Waals surface area contributed by atoms with Crippen LogP contribution in [-0.4, -0.2) is 35.6 Å². The summed E-state index contributed by atoms with van der Waals surface area (Å²) in [6, 6.07) is 7.92. The topological polar surface area (TPSA) is 25.4 Å². The van der Waals surface area contributed by atoms with Gasteiger partial charge in [-0.2, -0.15) is 0 Å². The van der Waals surface area contributed by atoms with Crippen molar-refractivity contribution >= 4 is 22.9 Å². The summed E-state index contributed by atoms with van der Waals surface area (Å²) in [5.74, 6) is 2.31. The first-order valence-corrected chi connectivity index (χ1v) is 9.55. The molecule has 5 heteroatoms. The highest BCUT2D eigenvalue weighted by atomic mass is 35.5. The number of benzene rings is 1. The van der Waals surface area contributed by atoms with Crippen molar-refractivity contribution in [2.75, 3.05) is 19.6 Å². The largest absolute Gasteiger partial charge is 0.466 e. The monoisotopic (exact) mass is 346 g/mol. The van der Waals surface area contributed by atoms with Crippen molar-refractivity contribution in [3.05, 3.63) is 35.5 Å². The van der Waals surface area contributed by atoms with Crippen LogP contribution in [0.4, 0.5) is 0 Å². The lowest BCUT2D eigenvalue weighted by atomic mass is 9.66. The summed E-state index contributed by atoms with van der Waals surface area (Å²) in [5.41, 5.74) is 1.15. The molecule has 120 valence electrons. The molecule has 2 aromatic rings. The Morgan fingerprint density at radius 1 is 1.09 bits per heavy atom. The lowest BCUT2D eigenvalue weighted by molar-refractivity contribution is -0.0985. The van der Waals surface area contributed by atoms with Crippen LogP contribution in [0.1, 0.15) is 12.8 Å². The Hall–Kier alpha value is -1.10. The first kappa shape index (κ1) is 14.3. The minimum atomic E-state index is 0.368. The van der Waals surface area contributed by atoms with E-state index in [1.54, 1.807) is 11.3 Å². The molecular weight excluding hydrogens is 328 g/mol. The fourth-order valence-corrected chi connectivity index (χ4v) is 5.67. The van der Waals surface area contributed by atoms with E-state index >= 15 is 0 Å². The number of thiazole rings is 1. The normalized spacial score (nSPS) is 34.7. The third-order valence-electron chi connectivity index (χ3n) is 5.55. The van der Waals surface area contributed by atoms with Gasteiger partial charge in [-0.1, -0.05) is 35.1 Å². The zero-order valence-corrected chi connectivity index (χ0v) is 14.4. The second-order valence-electron chi connectivity index (χ2n) is 7.16. The average Bonchev–Trinajstić information content (AvgIpc) is 2.99. The molecule has 2 atom stereocenters. The first-order valence-electron chi connectivity index (χ1n) is 8.35. The van der Waals surface area contributed by atoms with Crippen LogP contribution in [0.25, 0.3) is 10.4 Å². The summed E-state index contributed by atoms with van der Waals surface area (Å²) in [5, 5.41) is 1.58. The fraction of sp³-hybridized carbons (Fsp3) is 0.500. The molecule has 6 rings (SSSR count). The zero-order valence-electron chi connectivity index (χ0n) is 12.8. The second-order valence-corrected chi connectivity index (χ2v) is 8.59. The number of nitrogens with zero attached hydrogens (tertiary/aromatic N) is 2. The maximum absolute atomic E-state index is 6.37. The van der Waals surface area contributed by atoms with Crippen LogP contribution < -0.4 is 4.74 Å². The van der Waals surface area contributed by atoms with E-state index in [0.29, 0.717) is 17.9 Å². The molecule has 3 nitrogen and oxygen atoms in total. The molecule has 0 radical (unpaired) electrons. The standard InChI is InChI=1S/C18H19ClN2OS/c19-15-3-1-12(2-4-15)16-7-20-18(23-16)22-17-13-5-11-6-14(17)10-21(8-11)9-13/h1-4,7,11,13-14,17H,5-6,8-10H2. The van der Waals surface area contributed by atoms with Gasteiger partial charge >= 0.3 is 0 Å². The van der Waals surface area contributed by atoms with Crippen molar-refractivity contribution in [2.24, 2.45) is 17.8 Å². The Labute approximate surface area is 145 Å². The van der Waals surface area contributed by atoms with Gasteiger partial charge in [0.25, 0.3) is 5.19 Å². The lowest BCUT2D eigenvalue weighted by Gasteiger charge is -2.55. The molecule has 4 heterocycles. The van der Waals surface area contributed by atoms with Crippen molar-refractivity contribution in [1.82, 2.24) is 9.88 Å². The molecular formula is C18H19ClN2OS. The molecule has 1 aliphatic carbocycles. The lowest BCUT2D eigenvalue weighted by Crippen LogP contribution is -2.61. The number of piperidine rings is 3. The molecule has 0 N–H and O–H groups in total. The van der Waals surface area contributed by atoms with Crippen molar-refractivity contribution in [3.8, 4) is 15.6 Å². The van der Waals surface area contributed by atoms with Crippen molar-refractivity contribution in [1.29, 1.82) is 0 Å². The minimum absolute atomic E-state index is 0.368. The van der Waals surface area contributed by atoms with E-state index in [1.165, 1.54) is 32.5 Å². The van der Waals surface area contributed by atoms with E-state index < -0.39 is 0 Å². The summed E-state index contributed by atoms with van der Waals surface area (Å²) in [7, 11) is 0. The molecule has 1 saturated carbocycles. The highest BCUT2D eigenvalue weighted by molar-refractivity contribution is 7.16. The smallest absolute Gasteiger partial charge is 0.273 e. The minimum Gasteiger partial charge on any atom is -0.466 e. The second kappa shape index (κ2) is 5.47. The first-order chi connectivity index (χ1) is 11.2. The molecule has 4 fully saturated rings. The summed E-state index contributed by atoms with van der Waals surface area (Å²) < 4.78 is 6.37. The maximum atomic E-state index is 6.37. The Bertz CT molecular complexity index is 686. The summed E-state index contributed by atoms with van der Waals surface area (Å²) in [6.07, 6.45) is 4.97. The van der Waals surface area contributed by atoms with Gasteiger partial charge in [-0.25, -0.2) is 4.98 Å². The van der Waals surface area contributed by atoms with Crippen LogP contribution in [-0.2, 0) is 0 Å². The van der Waals surface area contributed by atoms with Crippen LogP contribution >= 0.6 is 22.9 Å². The average molecular weight is 347 g/mol. The molecule has 23 heavy (non-hydrogen) atoms. The molecule has 4 aliphatic rings. The van der Waals surface area contributed by atoms with Gasteiger partial charge in [-0.05, 0) is 36.5 Å². The number of hydrogen-bond donors (Lipinski definition) is 0. The van der Waals surface area contributed by atoms with E-state index in [-0.39, 0.29) is 0 Å². The number of rotatable bonds is 3. The van der Waals surface area contributed by atoms with Crippen LogP contribution in [0.5, 0.6) is 5.19 Å². The Balaban J connectivity index is 1.34. The molecule has 4 bridgehead atoms. The maximum Gasteiger partial charge on any atom is 0.273 e. The number of ether oxygens (including phenoxy) is 1. The predicted octanol–water partition coefficient (Wildman–Crippen LogP) is 4.18. The third kappa shape index (κ3) is 2.57. The number of halogens is 1. The van der Waals surface area contributed by atoms with Gasteiger partial charge in [0, 0.05) is 42.7 Å². The molecule has 3 aliphatic heterocycles. The SMILES string of the molecule is Clc1ccc(-c2cnc(OC3C4CC5CC3CN(C5)C4)s2)cc1. The van der Waals surface area contributed by atoms with Gasteiger partial charge in [-0.3, -0.25) is 0 Å². The Morgan fingerprint density at radius 3 is 2.52 bits per heavy atom. The predicted molar refractivity (Wildman–Crippen MR) is 93.1 cm³/mol. The summed E-state index contributed by atoms with van der Waals surface area (Å²) in [6.45, 7) is 3.75. The van der Waals surface area contributed by atoms with E-state index in [9.17, 15) is 0 Å². The highest BCUT2D eigenvalue weighted by Crippen LogP contribution is 2.45. The van der Waals surface area contributed by atoms with Crippen molar-refractivity contribution in [3.63, 3.8) is 0 Å². The van der Waals surface area contributed by atoms with Gasteiger partial charge in [0.1, 0.15) is 6.10 Å². The Morgan fingerprint density at radius 2 is 1.83 bits per heavy atom. The van der Waals surface area contributed by atoms with E-state index in [2.05, 4.69) is 9.88 Å². The number of aromatic nitrogens is 1. The third-order valence-corrected chi connectivity index (χ3v) is 6.74. The van der Waals surface area contributed by atoms with Gasteiger partial charge in [0.15, 0.2) is 0 Å². The van der Waals surface area contributed by atoms with Gasteiger partial charge in [0.2, 0.25) is 0 Å². The molecule has 2 unspecified atom stereocenters. The van der Waals surface area contributed by atoms with Crippen molar-refractivity contribution in [2.45, 2.75) is 18.9 Å². The van der Waals surface area contributed by atoms with Crippen LogP contribution in [0.15, 0.2) is 30.5 Å². The fourth-order valence-electron chi connectivity index (χ4n) is 4.73. The van der Waals surface area contributed by atoms with E-state index in [1.807, 2.05) is 30.5 Å². The quantitative estimate of drug-likeness (QED) is 0.833. The van der Waals surface area contributed by atoms with E-state index in [4.69, 9.17) is 16.3 Å². The van der Waals surface area contributed by atoms with Gasteiger partial charge < -0.3 is 9.64 Å².